The number of nitrogens with one attached hydrogen (secondary N) is 1. The highest BCUT2D eigenvalue weighted by atomic mass is 19.1. The first-order valence-corrected chi connectivity index (χ1v) is 7.27. The molecule has 122 valence electrons. The summed E-state index contributed by atoms with van der Waals surface area (Å²) >= 11 is 0. The van der Waals surface area contributed by atoms with E-state index in [1.807, 2.05) is 0 Å². The number of nitrogens with zero attached hydrogens (tertiary/aromatic N) is 2. The largest absolute Gasteiger partial charge is 0.459 e. The van der Waals surface area contributed by atoms with Gasteiger partial charge in [0.2, 0.25) is 0 Å². The van der Waals surface area contributed by atoms with Gasteiger partial charge in [-0.2, -0.15) is 0 Å². The second-order valence-corrected chi connectivity index (χ2v) is 5.05. The van der Waals surface area contributed by atoms with Crippen molar-refractivity contribution in [3.8, 4) is 11.3 Å². The molecule has 0 aliphatic heterocycles. The third-order valence-electron chi connectivity index (χ3n) is 3.40. The van der Waals surface area contributed by atoms with E-state index < -0.39 is 0 Å². The molecule has 1 amide bonds. The van der Waals surface area contributed by atoms with Gasteiger partial charge in [0.15, 0.2) is 5.76 Å². The van der Waals surface area contributed by atoms with Gasteiger partial charge in [-0.1, -0.05) is 0 Å². The molecule has 0 fully saturated rings. The van der Waals surface area contributed by atoms with Crippen LogP contribution in [0.3, 0.4) is 0 Å². The zero-order chi connectivity index (χ0) is 16.9. The van der Waals surface area contributed by atoms with Crippen LogP contribution in [-0.4, -0.2) is 22.0 Å². The van der Waals surface area contributed by atoms with Crippen molar-refractivity contribution in [1.82, 2.24) is 14.9 Å². The van der Waals surface area contributed by atoms with Crippen molar-refractivity contribution in [1.29, 1.82) is 0 Å². The molecular formula is C17H14FN3O3. The van der Waals surface area contributed by atoms with Crippen molar-refractivity contribution in [3.05, 3.63) is 77.0 Å². The molecule has 0 saturated heterocycles. The molecule has 0 spiro atoms. The van der Waals surface area contributed by atoms with E-state index in [0.29, 0.717) is 11.3 Å². The molecule has 0 atom stereocenters. The van der Waals surface area contributed by atoms with E-state index in [1.165, 1.54) is 35.4 Å². The summed E-state index contributed by atoms with van der Waals surface area (Å²) in [5.41, 5.74) is 0.874. The van der Waals surface area contributed by atoms with E-state index in [0.717, 1.165) is 0 Å². The van der Waals surface area contributed by atoms with Crippen molar-refractivity contribution in [3.63, 3.8) is 0 Å². The van der Waals surface area contributed by atoms with Crippen LogP contribution in [0.5, 0.6) is 0 Å². The quantitative estimate of drug-likeness (QED) is 0.778. The number of furan rings is 1. The van der Waals surface area contributed by atoms with Crippen molar-refractivity contribution in [2.75, 3.05) is 6.54 Å². The van der Waals surface area contributed by atoms with Gasteiger partial charge in [-0.3, -0.25) is 14.2 Å². The minimum Gasteiger partial charge on any atom is -0.459 e. The molecule has 0 bridgehead atoms. The number of benzene rings is 1. The van der Waals surface area contributed by atoms with E-state index in [2.05, 4.69) is 10.3 Å². The van der Waals surface area contributed by atoms with Gasteiger partial charge in [-0.15, -0.1) is 0 Å². The number of hydrogen-bond acceptors (Lipinski definition) is 4. The molecule has 1 N–H and O–H groups in total. The summed E-state index contributed by atoms with van der Waals surface area (Å²) in [6, 6.07) is 10.3. The highest BCUT2D eigenvalue weighted by Crippen LogP contribution is 2.14. The summed E-state index contributed by atoms with van der Waals surface area (Å²) in [6.07, 6.45) is 2.82. The van der Waals surface area contributed by atoms with Crippen LogP contribution in [0.1, 0.15) is 10.6 Å². The van der Waals surface area contributed by atoms with Crippen LogP contribution in [0.15, 0.2) is 64.3 Å². The van der Waals surface area contributed by atoms with E-state index in [9.17, 15) is 14.0 Å². The molecule has 0 saturated carbocycles. The summed E-state index contributed by atoms with van der Waals surface area (Å²) in [5, 5.41) is 2.65. The van der Waals surface area contributed by atoms with Gasteiger partial charge in [0, 0.05) is 24.7 Å². The van der Waals surface area contributed by atoms with Gasteiger partial charge in [0.25, 0.3) is 11.5 Å². The molecular weight excluding hydrogens is 313 g/mol. The average molecular weight is 327 g/mol. The van der Waals surface area contributed by atoms with Crippen LogP contribution in [0.25, 0.3) is 11.3 Å². The van der Waals surface area contributed by atoms with Crippen LogP contribution in [0, 0.1) is 5.82 Å². The molecule has 6 nitrogen and oxygen atoms in total. The lowest BCUT2D eigenvalue weighted by atomic mass is 10.1. The average Bonchev–Trinajstić information content (AvgIpc) is 3.11. The summed E-state index contributed by atoms with van der Waals surface area (Å²) in [7, 11) is 0. The first-order valence-electron chi connectivity index (χ1n) is 7.27. The number of carbonyl (C=O) groups excluding carboxylic acids is 1. The Labute approximate surface area is 136 Å². The maximum absolute atomic E-state index is 12.9. The Bertz CT molecular complexity index is 886. The lowest BCUT2D eigenvalue weighted by molar-refractivity contribution is 0.0924. The van der Waals surface area contributed by atoms with Gasteiger partial charge in [0.05, 0.1) is 18.3 Å². The second kappa shape index (κ2) is 6.91. The molecule has 1 aromatic carbocycles. The van der Waals surface area contributed by atoms with E-state index >= 15 is 0 Å². The fraction of sp³-hybridized carbons (Fsp3) is 0.118. The first-order chi connectivity index (χ1) is 11.6. The molecule has 7 heteroatoms. The lowest BCUT2D eigenvalue weighted by Gasteiger charge is -2.07. The van der Waals surface area contributed by atoms with Crippen LogP contribution in [0.4, 0.5) is 4.39 Å². The normalized spacial score (nSPS) is 10.5. The molecule has 0 aliphatic carbocycles. The predicted octanol–water partition coefficient (Wildman–Crippen LogP) is 2.07. The van der Waals surface area contributed by atoms with Crippen LogP contribution in [-0.2, 0) is 6.54 Å². The minimum atomic E-state index is -0.348. The minimum absolute atomic E-state index is 0.215. The van der Waals surface area contributed by atoms with E-state index in [4.69, 9.17) is 4.42 Å². The summed E-state index contributed by atoms with van der Waals surface area (Å²) in [6.45, 7) is 0.541. The molecule has 0 aliphatic rings. The molecule has 2 heterocycles. The Hall–Kier alpha value is -3.22. The Kier molecular flexibility index (Phi) is 4.51. The van der Waals surface area contributed by atoms with Gasteiger partial charge in [0.1, 0.15) is 5.82 Å². The van der Waals surface area contributed by atoms with Crippen LogP contribution >= 0.6 is 0 Å². The highest BCUT2D eigenvalue weighted by Gasteiger charge is 2.08. The highest BCUT2D eigenvalue weighted by molar-refractivity contribution is 5.91. The Morgan fingerprint density at radius 2 is 2.04 bits per heavy atom. The number of amides is 1. The number of hydrogen-bond donors (Lipinski definition) is 1. The van der Waals surface area contributed by atoms with Crippen molar-refractivity contribution in [2.24, 2.45) is 0 Å². The first kappa shape index (κ1) is 15.7. The zero-order valence-corrected chi connectivity index (χ0v) is 12.6. The molecule has 0 radical (unpaired) electrons. The summed E-state index contributed by atoms with van der Waals surface area (Å²) in [5.74, 6) is -0.476. The number of halogens is 1. The molecule has 2 aromatic heterocycles. The predicted molar refractivity (Wildman–Crippen MR) is 84.9 cm³/mol. The fourth-order valence-corrected chi connectivity index (χ4v) is 2.16. The zero-order valence-electron chi connectivity index (χ0n) is 12.6. The number of aromatic nitrogens is 2. The standard InChI is InChI=1S/C17H14FN3O3/c18-13-5-3-12(4-6-13)14-10-16(22)21(11-20-14)8-7-19-17(23)15-2-1-9-24-15/h1-6,9-11H,7-8H2,(H,19,23). The third-order valence-corrected chi connectivity index (χ3v) is 3.40. The summed E-state index contributed by atoms with van der Waals surface area (Å²) in [4.78, 5) is 28.0. The van der Waals surface area contributed by atoms with Gasteiger partial charge in [-0.25, -0.2) is 9.37 Å². The Morgan fingerprint density at radius 1 is 1.25 bits per heavy atom. The smallest absolute Gasteiger partial charge is 0.287 e. The topological polar surface area (TPSA) is 77.1 Å². The summed E-state index contributed by atoms with van der Waals surface area (Å²) < 4.78 is 19.3. The number of rotatable bonds is 5. The lowest BCUT2D eigenvalue weighted by Crippen LogP contribution is -2.30. The van der Waals surface area contributed by atoms with Gasteiger partial charge < -0.3 is 9.73 Å². The van der Waals surface area contributed by atoms with Gasteiger partial charge >= 0.3 is 0 Å². The molecule has 3 rings (SSSR count). The molecule has 0 unspecified atom stereocenters. The van der Waals surface area contributed by atoms with Crippen molar-refractivity contribution >= 4 is 5.91 Å². The van der Waals surface area contributed by atoms with E-state index in [-0.39, 0.29) is 36.1 Å². The van der Waals surface area contributed by atoms with E-state index in [1.54, 1.807) is 24.3 Å². The molecule has 24 heavy (non-hydrogen) atoms. The second-order valence-electron chi connectivity index (χ2n) is 5.05. The third kappa shape index (κ3) is 3.57. The number of carbonyl (C=O) groups is 1. The Morgan fingerprint density at radius 3 is 2.71 bits per heavy atom. The fourth-order valence-electron chi connectivity index (χ4n) is 2.16. The van der Waals surface area contributed by atoms with Crippen LogP contribution in [0.2, 0.25) is 0 Å². The van der Waals surface area contributed by atoms with Crippen molar-refractivity contribution < 1.29 is 13.6 Å². The maximum atomic E-state index is 12.9. The SMILES string of the molecule is O=C(NCCn1cnc(-c2ccc(F)cc2)cc1=O)c1ccco1. The van der Waals surface area contributed by atoms with Gasteiger partial charge in [-0.05, 0) is 36.4 Å². The molecule has 3 aromatic rings. The maximum Gasteiger partial charge on any atom is 0.287 e. The Balaban J connectivity index is 1.64. The monoisotopic (exact) mass is 327 g/mol. The van der Waals surface area contributed by atoms with Crippen LogP contribution < -0.4 is 10.9 Å². The van der Waals surface area contributed by atoms with Crippen molar-refractivity contribution in [2.45, 2.75) is 6.54 Å².